The molecule has 1 aromatic carbocycles. The number of aliphatic hydroxyl groups is 1. The third-order valence-electron chi connectivity index (χ3n) is 6.63. The topological polar surface area (TPSA) is 46.5 Å². The SMILES string of the molecule is C=C1C[C@@H]2OC(=O)[C@@](C)([Se]c3ccccc3)[C@H]2C[C@@H]2[C@H]1CC[C@@]2(C)O. The molecule has 134 valence electrons. The maximum atomic E-state index is 12.8. The molecule has 0 aromatic heterocycles. The molecule has 3 nitrogen and oxygen atoms in total. The first-order valence-corrected chi connectivity index (χ1v) is 10.9. The molecule has 1 heterocycles. The molecule has 6 atom stereocenters. The quantitative estimate of drug-likeness (QED) is 0.468. The molecule has 0 unspecified atom stereocenters. The second-order valence-corrected chi connectivity index (χ2v) is 11.5. The maximum absolute atomic E-state index is 12.8. The van der Waals surface area contributed by atoms with Crippen LogP contribution in [0.2, 0.25) is 4.31 Å². The van der Waals surface area contributed by atoms with Crippen LogP contribution in [-0.4, -0.2) is 37.7 Å². The van der Waals surface area contributed by atoms with Gasteiger partial charge in [-0.25, -0.2) is 0 Å². The van der Waals surface area contributed by atoms with Gasteiger partial charge in [0.15, 0.2) is 0 Å². The summed E-state index contributed by atoms with van der Waals surface area (Å²) >= 11 is 0.0103. The number of esters is 1. The van der Waals surface area contributed by atoms with E-state index in [1.54, 1.807) is 0 Å². The van der Waals surface area contributed by atoms with Gasteiger partial charge in [0.1, 0.15) is 0 Å². The Morgan fingerprint density at radius 1 is 1.24 bits per heavy atom. The number of benzene rings is 1. The van der Waals surface area contributed by atoms with Gasteiger partial charge < -0.3 is 0 Å². The van der Waals surface area contributed by atoms with Gasteiger partial charge in [-0.2, -0.15) is 0 Å². The summed E-state index contributed by atoms with van der Waals surface area (Å²) in [7, 11) is 0. The molecule has 1 saturated heterocycles. The van der Waals surface area contributed by atoms with Crippen molar-refractivity contribution in [1.82, 2.24) is 0 Å². The van der Waals surface area contributed by atoms with Crippen molar-refractivity contribution in [2.45, 2.75) is 55.5 Å². The molecule has 4 rings (SSSR count). The summed E-state index contributed by atoms with van der Waals surface area (Å²) in [4.78, 5) is 12.8. The molecule has 1 aromatic rings. The van der Waals surface area contributed by atoms with Crippen molar-refractivity contribution in [3.8, 4) is 0 Å². The van der Waals surface area contributed by atoms with Gasteiger partial charge in [-0.1, -0.05) is 0 Å². The van der Waals surface area contributed by atoms with E-state index < -0.39 is 9.91 Å². The number of hydrogen-bond donors (Lipinski definition) is 1. The fourth-order valence-corrected chi connectivity index (χ4v) is 7.87. The third kappa shape index (κ3) is 2.79. The zero-order chi connectivity index (χ0) is 17.8. The van der Waals surface area contributed by atoms with Gasteiger partial charge in [-0.15, -0.1) is 0 Å². The number of ether oxygens (including phenoxy) is 1. The molecule has 2 saturated carbocycles. The van der Waals surface area contributed by atoms with Crippen LogP contribution in [0.25, 0.3) is 0 Å². The Labute approximate surface area is 156 Å². The van der Waals surface area contributed by atoms with Crippen LogP contribution in [0.15, 0.2) is 42.5 Å². The Morgan fingerprint density at radius 3 is 2.68 bits per heavy atom. The molecule has 25 heavy (non-hydrogen) atoms. The minimum absolute atomic E-state index is 0.0103. The summed E-state index contributed by atoms with van der Waals surface area (Å²) < 4.78 is 6.64. The van der Waals surface area contributed by atoms with Gasteiger partial charge in [0, 0.05) is 0 Å². The van der Waals surface area contributed by atoms with E-state index in [1.165, 1.54) is 10.0 Å². The summed E-state index contributed by atoms with van der Waals surface area (Å²) in [6.07, 6.45) is 3.38. The monoisotopic (exact) mass is 406 g/mol. The molecule has 1 aliphatic heterocycles. The minimum atomic E-state index is -0.658. The molecular formula is C21H26O3Se. The van der Waals surface area contributed by atoms with Crippen molar-refractivity contribution < 1.29 is 14.6 Å². The van der Waals surface area contributed by atoms with Crippen LogP contribution in [0.3, 0.4) is 0 Å². The standard InChI is InChI=1S/C21H26O3Se/c1-13-11-18-17(12-16-15(13)9-10-20(16,2)23)21(3,19(22)24-18)25-14-7-5-4-6-8-14/h4-8,15-18,23H,1,9-12H2,2-3H3/t15-,16+,17-,18-,20+,21-/m0/s1. The van der Waals surface area contributed by atoms with Crippen LogP contribution in [0.4, 0.5) is 0 Å². The van der Waals surface area contributed by atoms with Crippen LogP contribution < -0.4 is 4.46 Å². The van der Waals surface area contributed by atoms with E-state index in [-0.39, 0.29) is 38.9 Å². The van der Waals surface area contributed by atoms with Gasteiger partial charge in [-0.3, -0.25) is 0 Å². The molecule has 0 amide bonds. The molecule has 3 aliphatic rings. The van der Waals surface area contributed by atoms with Crippen LogP contribution in [0.1, 0.15) is 39.5 Å². The molecule has 1 N–H and O–H groups in total. The number of carbonyl (C=O) groups excluding carboxylic acids is 1. The Bertz CT molecular complexity index is 698. The Morgan fingerprint density at radius 2 is 1.96 bits per heavy atom. The van der Waals surface area contributed by atoms with Crippen molar-refractivity contribution in [3.63, 3.8) is 0 Å². The van der Waals surface area contributed by atoms with Crippen molar-refractivity contribution >= 4 is 25.4 Å². The number of carbonyl (C=O) groups is 1. The second kappa shape index (κ2) is 5.97. The van der Waals surface area contributed by atoms with Gasteiger partial charge in [-0.05, 0) is 0 Å². The van der Waals surface area contributed by atoms with E-state index >= 15 is 0 Å². The van der Waals surface area contributed by atoms with Gasteiger partial charge in [0.25, 0.3) is 0 Å². The summed E-state index contributed by atoms with van der Waals surface area (Å²) in [5.41, 5.74) is 0.508. The van der Waals surface area contributed by atoms with Gasteiger partial charge in [0.05, 0.1) is 0 Å². The first-order chi connectivity index (χ1) is 11.8. The summed E-state index contributed by atoms with van der Waals surface area (Å²) in [5.74, 6) is 0.662. The van der Waals surface area contributed by atoms with E-state index in [9.17, 15) is 9.90 Å². The number of fused-ring (bicyclic) bond motifs is 2. The predicted octanol–water partition coefficient (Wildman–Crippen LogP) is 2.86. The average Bonchev–Trinajstić information content (AvgIpc) is 2.90. The van der Waals surface area contributed by atoms with Crippen LogP contribution >= 0.6 is 0 Å². The van der Waals surface area contributed by atoms with Crippen molar-refractivity contribution in [3.05, 3.63) is 42.5 Å². The van der Waals surface area contributed by atoms with Crippen LogP contribution in [0, 0.1) is 17.8 Å². The van der Waals surface area contributed by atoms with Crippen molar-refractivity contribution in [2.75, 3.05) is 0 Å². The first-order valence-electron chi connectivity index (χ1n) is 9.16. The third-order valence-corrected chi connectivity index (χ3v) is 9.57. The fraction of sp³-hybridized carbons (Fsp3) is 0.571. The summed E-state index contributed by atoms with van der Waals surface area (Å²) in [6.45, 7) is 8.35. The van der Waals surface area contributed by atoms with E-state index in [0.29, 0.717) is 5.92 Å². The number of hydrogen-bond acceptors (Lipinski definition) is 3. The van der Waals surface area contributed by atoms with E-state index in [2.05, 4.69) is 25.6 Å². The molecule has 0 radical (unpaired) electrons. The van der Waals surface area contributed by atoms with Gasteiger partial charge in [0.2, 0.25) is 0 Å². The van der Waals surface area contributed by atoms with Crippen molar-refractivity contribution in [2.24, 2.45) is 17.8 Å². The normalized spacial score (nSPS) is 43.3. The molecule has 0 bridgehead atoms. The Balaban J connectivity index is 1.68. The zero-order valence-electron chi connectivity index (χ0n) is 14.9. The first kappa shape index (κ1) is 17.3. The van der Waals surface area contributed by atoms with Crippen LogP contribution in [0.5, 0.6) is 0 Å². The summed E-state index contributed by atoms with van der Waals surface area (Å²) in [5, 5.41) is 10.9. The van der Waals surface area contributed by atoms with Gasteiger partial charge >= 0.3 is 156 Å². The van der Waals surface area contributed by atoms with E-state index in [4.69, 9.17) is 4.74 Å². The molecule has 2 aliphatic carbocycles. The van der Waals surface area contributed by atoms with Crippen molar-refractivity contribution in [1.29, 1.82) is 0 Å². The molecule has 4 heteroatoms. The Kier molecular flexibility index (Phi) is 4.14. The van der Waals surface area contributed by atoms with Crippen LogP contribution in [-0.2, 0) is 9.53 Å². The van der Waals surface area contributed by atoms with E-state index in [1.807, 2.05) is 25.1 Å². The summed E-state index contributed by atoms with van der Waals surface area (Å²) in [6, 6.07) is 10.3. The predicted molar refractivity (Wildman–Crippen MR) is 98.8 cm³/mol. The molecular weight excluding hydrogens is 379 g/mol. The number of rotatable bonds is 2. The Hall–Kier alpha value is -1.09. The molecule has 3 fully saturated rings. The average molecular weight is 405 g/mol. The zero-order valence-corrected chi connectivity index (χ0v) is 16.6. The van der Waals surface area contributed by atoms with E-state index in [0.717, 1.165) is 25.7 Å². The fourth-order valence-electron chi connectivity index (χ4n) is 5.11. The second-order valence-electron chi connectivity index (χ2n) is 8.28. The molecule has 0 spiro atoms.